The fourth-order valence-electron chi connectivity index (χ4n) is 4.99. The first-order valence-electron chi connectivity index (χ1n) is 12.5. The maximum Gasteiger partial charge on any atom is 0.251 e. The number of nitrogens with zero attached hydrogens (tertiary/aromatic N) is 3. The highest BCUT2D eigenvalue weighted by Gasteiger charge is 2.27. The third-order valence-corrected chi connectivity index (χ3v) is 7.98. The summed E-state index contributed by atoms with van der Waals surface area (Å²) in [5.74, 6) is 1.41. The number of nitrogens with one attached hydrogen (secondary N) is 2. The molecule has 36 heavy (non-hydrogen) atoms. The van der Waals surface area contributed by atoms with Crippen LogP contribution in [0.5, 0.6) is 0 Å². The molecule has 1 aliphatic heterocycles. The Morgan fingerprint density at radius 3 is 2.53 bits per heavy atom. The van der Waals surface area contributed by atoms with E-state index in [-0.39, 0.29) is 5.91 Å². The highest BCUT2D eigenvalue weighted by molar-refractivity contribution is 7.19. The van der Waals surface area contributed by atoms with E-state index in [1.165, 1.54) is 10.4 Å². The van der Waals surface area contributed by atoms with Crippen LogP contribution >= 0.6 is 11.3 Å². The summed E-state index contributed by atoms with van der Waals surface area (Å²) in [6, 6.07) is 18.8. The van der Waals surface area contributed by atoms with Crippen molar-refractivity contribution in [1.82, 2.24) is 14.9 Å². The molecule has 6 rings (SSSR count). The molecule has 1 saturated heterocycles. The van der Waals surface area contributed by atoms with Crippen molar-refractivity contribution < 1.29 is 9.53 Å². The third-order valence-electron chi connectivity index (χ3n) is 6.80. The van der Waals surface area contributed by atoms with E-state index in [1.54, 1.807) is 11.3 Å². The lowest BCUT2D eigenvalue weighted by Gasteiger charge is -2.26. The Labute approximate surface area is 214 Å². The summed E-state index contributed by atoms with van der Waals surface area (Å²) in [7, 11) is 0. The van der Waals surface area contributed by atoms with Gasteiger partial charge >= 0.3 is 0 Å². The molecular weight excluding hydrogens is 470 g/mol. The molecule has 2 aromatic carbocycles. The topological polar surface area (TPSA) is 79.4 Å². The van der Waals surface area contributed by atoms with E-state index in [2.05, 4.69) is 15.5 Å². The summed E-state index contributed by atoms with van der Waals surface area (Å²) in [4.78, 5) is 28.3. The third kappa shape index (κ3) is 4.84. The summed E-state index contributed by atoms with van der Waals surface area (Å²) in [5, 5.41) is 7.70. The first-order valence-corrected chi connectivity index (χ1v) is 13.3. The number of amides is 1. The Morgan fingerprint density at radius 1 is 1.00 bits per heavy atom. The van der Waals surface area contributed by atoms with Crippen LogP contribution in [0.3, 0.4) is 0 Å². The number of aryl methyl sites for hydroxylation is 2. The number of carbonyl (C=O) groups excluding carboxylic acids is 1. The van der Waals surface area contributed by atoms with Crippen molar-refractivity contribution in [2.45, 2.75) is 31.8 Å². The average molecular weight is 500 g/mol. The van der Waals surface area contributed by atoms with Crippen LogP contribution in [0.25, 0.3) is 10.2 Å². The Kier molecular flexibility index (Phi) is 6.63. The zero-order valence-corrected chi connectivity index (χ0v) is 20.9. The minimum absolute atomic E-state index is 0.124. The second kappa shape index (κ2) is 10.3. The van der Waals surface area contributed by atoms with Crippen LogP contribution in [-0.4, -0.2) is 47.1 Å². The van der Waals surface area contributed by atoms with E-state index < -0.39 is 6.04 Å². The maximum atomic E-state index is 13.6. The molecule has 2 aromatic heterocycles. The lowest BCUT2D eigenvalue weighted by molar-refractivity contribution is -0.117. The van der Waals surface area contributed by atoms with E-state index in [9.17, 15) is 4.79 Å². The van der Waals surface area contributed by atoms with E-state index in [1.807, 2.05) is 60.7 Å². The van der Waals surface area contributed by atoms with E-state index in [0.717, 1.165) is 78.7 Å². The number of carbonyl (C=O) groups is 1. The predicted molar refractivity (Wildman–Crippen MR) is 143 cm³/mol. The van der Waals surface area contributed by atoms with E-state index in [0.29, 0.717) is 6.54 Å². The van der Waals surface area contributed by atoms with Crippen LogP contribution in [0.15, 0.2) is 60.7 Å². The highest BCUT2D eigenvalue weighted by atomic mass is 32.1. The first kappa shape index (κ1) is 23.1. The van der Waals surface area contributed by atoms with Gasteiger partial charge in [-0.05, 0) is 42.5 Å². The van der Waals surface area contributed by atoms with Crippen LogP contribution in [-0.2, 0) is 28.9 Å². The molecule has 8 heteroatoms. The molecule has 2 aliphatic rings. The Hall–Kier alpha value is -3.33. The monoisotopic (exact) mass is 499 g/mol. The lowest BCUT2D eigenvalue weighted by atomic mass is 10.1. The Balaban J connectivity index is 1.38. The Bertz CT molecular complexity index is 1350. The van der Waals surface area contributed by atoms with Gasteiger partial charge in [0.05, 0.1) is 25.1 Å². The summed E-state index contributed by atoms with van der Waals surface area (Å²) >= 11 is 1.78. The first-order chi connectivity index (χ1) is 17.7. The summed E-state index contributed by atoms with van der Waals surface area (Å²) < 4.78 is 5.51. The quantitative estimate of drug-likeness (QED) is 0.380. The Morgan fingerprint density at radius 2 is 1.75 bits per heavy atom. The minimum atomic E-state index is -0.599. The van der Waals surface area contributed by atoms with Gasteiger partial charge in [0.25, 0.3) is 5.91 Å². The number of fused-ring (bicyclic) bond motifs is 3. The number of thiophene rings is 1. The number of aromatic nitrogens is 2. The summed E-state index contributed by atoms with van der Waals surface area (Å²) in [6.45, 7) is 3.88. The fraction of sp³-hybridized carbons (Fsp3) is 0.321. The molecule has 2 N–H and O–H groups in total. The maximum absolute atomic E-state index is 13.6. The van der Waals surface area contributed by atoms with Crippen LogP contribution in [0.1, 0.15) is 34.3 Å². The van der Waals surface area contributed by atoms with Gasteiger partial charge in [-0.15, -0.1) is 11.3 Å². The van der Waals surface area contributed by atoms with Crippen LogP contribution < -0.4 is 10.6 Å². The number of anilines is 2. The molecule has 3 heterocycles. The molecule has 1 aliphatic carbocycles. The number of rotatable bonds is 7. The SMILES string of the molecule is O=C(Nc1ccccc1)[C@H](Nc1nc(CN2CCOCC2)nc2sc3c(c12)CCC3)c1ccccc1. The van der Waals surface area contributed by atoms with E-state index >= 15 is 0 Å². The van der Waals surface area contributed by atoms with E-state index in [4.69, 9.17) is 14.7 Å². The van der Waals surface area contributed by atoms with Crippen molar-refractivity contribution in [3.8, 4) is 0 Å². The molecule has 4 aromatic rings. The van der Waals surface area contributed by atoms with Gasteiger partial charge in [-0.25, -0.2) is 9.97 Å². The van der Waals surface area contributed by atoms with Crippen molar-refractivity contribution in [3.63, 3.8) is 0 Å². The van der Waals surface area contributed by atoms with Crippen molar-refractivity contribution in [2.75, 3.05) is 36.9 Å². The minimum Gasteiger partial charge on any atom is -0.379 e. The number of para-hydroxylation sites is 1. The number of ether oxygens (including phenoxy) is 1. The second-order valence-corrected chi connectivity index (χ2v) is 10.3. The van der Waals surface area contributed by atoms with Crippen LogP contribution in [0, 0.1) is 0 Å². The standard InChI is InChI=1S/C28H29N5O2S/c34-27(29-20-10-5-2-6-11-20)25(19-8-3-1-4-9-19)32-26-24-21-12-7-13-22(21)36-28(24)31-23(30-26)18-33-14-16-35-17-15-33/h1-6,8-11,25H,7,12-18H2,(H,29,34)(H,30,31,32)/t25-/m1/s1. The fourth-order valence-corrected chi connectivity index (χ4v) is 6.27. The molecule has 1 atom stereocenters. The highest BCUT2D eigenvalue weighted by Crippen LogP contribution is 2.40. The molecule has 7 nitrogen and oxygen atoms in total. The molecular formula is C28H29N5O2S. The van der Waals surface area contributed by atoms with Gasteiger partial charge in [-0.1, -0.05) is 48.5 Å². The zero-order chi connectivity index (χ0) is 24.3. The molecule has 184 valence electrons. The van der Waals surface area contributed by atoms with Gasteiger partial charge in [0.2, 0.25) is 0 Å². The van der Waals surface area contributed by atoms with Crippen molar-refractivity contribution in [2.24, 2.45) is 0 Å². The van der Waals surface area contributed by atoms with Crippen molar-refractivity contribution in [1.29, 1.82) is 0 Å². The molecule has 1 amide bonds. The van der Waals surface area contributed by atoms with Gasteiger partial charge in [0.1, 0.15) is 22.5 Å². The number of hydrogen-bond donors (Lipinski definition) is 2. The molecule has 0 radical (unpaired) electrons. The van der Waals surface area contributed by atoms with Gasteiger partial charge in [-0.2, -0.15) is 0 Å². The van der Waals surface area contributed by atoms with Crippen molar-refractivity contribution in [3.05, 3.63) is 82.5 Å². The normalized spacial score (nSPS) is 16.6. The summed E-state index contributed by atoms with van der Waals surface area (Å²) in [6.07, 6.45) is 3.27. The van der Waals surface area contributed by atoms with Gasteiger partial charge in [0.15, 0.2) is 0 Å². The second-order valence-electron chi connectivity index (χ2n) is 9.26. The average Bonchev–Trinajstić information content (AvgIpc) is 3.50. The largest absolute Gasteiger partial charge is 0.379 e. The van der Waals surface area contributed by atoms with Gasteiger partial charge in [0, 0.05) is 23.7 Å². The van der Waals surface area contributed by atoms with Gasteiger partial charge < -0.3 is 15.4 Å². The predicted octanol–water partition coefficient (Wildman–Crippen LogP) is 4.80. The van der Waals surface area contributed by atoms with Crippen LogP contribution in [0.2, 0.25) is 0 Å². The molecule has 0 spiro atoms. The number of benzene rings is 2. The van der Waals surface area contributed by atoms with Crippen molar-refractivity contribution >= 4 is 39.0 Å². The lowest BCUT2D eigenvalue weighted by Crippen LogP contribution is -2.36. The van der Waals surface area contributed by atoms with Crippen LogP contribution in [0.4, 0.5) is 11.5 Å². The molecule has 0 saturated carbocycles. The number of hydrogen-bond acceptors (Lipinski definition) is 7. The van der Waals surface area contributed by atoms with Gasteiger partial charge in [-0.3, -0.25) is 9.69 Å². The summed E-state index contributed by atoms with van der Waals surface area (Å²) in [5.41, 5.74) is 2.99. The molecule has 1 fully saturated rings. The zero-order valence-electron chi connectivity index (χ0n) is 20.1. The number of morpholine rings is 1. The smallest absolute Gasteiger partial charge is 0.251 e. The molecule has 0 unspecified atom stereocenters. The molecule has 0 bridgehead atoms.